The first-order chi connectivity index (χ1) is 11.9. The second-order valence-corrected chi connectivity index (χ2v) is 8.04. The molecule has 1 fully saturated rings. The molecule has 2 nitrogen and oxygen atoms in total. The molecule has 2 aromatic rings. The van der Waals surface area contributed by atoms with Gasteiger partial charge >= 0.3 is 0 Å². The highest BCUT2D eigenvalue weighted by atomic mass is 35.5. The Hall–Kier alpha value is -1.09. The highest BCUT2D eigenvalue weighted by Crippen LogP contribution is 2.62. The summed E-state index contributed by atoms with van der Waals surface area (Å²) in [4.78, 5) is 0. The van der Waals surface area contributed by atoms with E-state index < -0.39 is 0 Å². The van der Waals surface area contributed by atoms with E-state index >= 15 is 0 Å². The second kappa shape index (κ2) is 7.26. The van der Waals surface area contributed by atoms with Crippen LogP contribution in [0, 0.1) is 5.92 Å². The molecular formula is C20H21Cl3O2. The number of unbranched alkanes of at least 4 members (excludes halogenated alkanes) is 2. The molecule has 2 N–H and O–H groups in total. The molecule has 0 spiro atoms. The fraction of sp³-hybridized carbons (Fsp3) is 0.400. The van der Waals surface area contributed by atoms with Crippen LogP contribution in [0.4, 0.5) is 0 Å². The van der Waals surface area contributed by atoms with Crippen LogP contribution < -0.4 is 0 Å². The largest absolute Gasteiger partial charge is 0.506 e. The lowest BCUT2D eigenvalue weighted by atomic mass is 9.84. The number of halogens is 3. The molecule has 2 unspecified atom stereocenters. The quantitative estimate of drug-likeness (QED) is 0.516. The first-order valence-corrected chi connectivity index (χ1v) is 9.71. The molecule has 0 radical (unpaired) electrons. The van der Waals surface area contributed by atoms with Crippen LogP contribution in [0.1, 0.15) is 50.2 Å². The van der Waals surface area contributed by atoms with Gasteiger partial charge in [0.2, 0.25) is 0 Å². The molecule has 1 saturated carbocycles. The van der Waals surface area contributed by atoms with Crippen molar-refractivity contribution in [2.45, 2.75) is 44.4 Å². The Morgan fingerprint density at radius 3 is 2.20 bits per heavy atom. The standard InChI is InChI=1S/C20H21Cl3O2/c1-2-3-4-5-13-11-20(13,12-6-7-18(24)15(21)8-12)14-9-16(22)19(25)17(23)10-14/h6-10,13,24-25H,2-5,11H2,1H3. The van der Waals surface area contributed by atoms with Gasteiger partial charge in [0.1, 0.15) is 5.75 Å². The minimum Gasteiger partial charge on any atom is -0.506 e. The number of hydrogen-bond donors (Lipinski definition) is 2. The van der Waals surface area contributed by atoms with Crippen molar-refractivity contribution in [3.05, 3.63) is 56.5 Å². The average molecular weight is 400 g/mol. The van der Waals surface area contributed by atoms with Gasteiger partial charge in [-0.05, 0) is 54.2 Å². The first kappa shape index (κ1) is 18.7. The summed E-state index contributed by atoms with van der Waals surface area (Å²) >= 11 is 18.5. The zero-order valence-corrected chi connectivity index (χ0v) is 16.3. The highest BCUT2D eigenvalue weighted by Gasteiger charge is 2.56. The molecule has 2 aromatic carbocycles. The number of aromatic hydroxyl groups is 2. The molecule has 3 rings (SSSR count). The zero-order valence-electron chi connectivity index (χ0n) is 14.0. The van der Waals surface area contributed by atoms with Gasteiger partial charge in [-0.25, -0.2) is 0 Å². The minimum absolute atomic E-state index is 0.0746. The molecule has 2 atom stereocenters. The summed E-state index contributed by atoms with van der Waals surface area (Å²) in [7, 11) is 0. The summed E-state index contributed by atoms with van der Waals surface area (Å²) in [5.74, 6) is 0.455. The van der Waals surface area contributed by atoms with Gasteiger partial charge < -0.3 is 10.2 Å². The third-order valence-corrected chi connectivity index (χ3v) is 6.14. The van der Waals surface area contributed by atoms with Crippen molar-refractivity contribution in [2.24, 2.45) is 5.92 Å². The summed E-state index contributed by atoms with van der Waals surface area (Å²) in [5, 5.41) is 20.5. The van der Waals surface area contributed by atoms with Crippen molar-refractivity contribution in [3.63, 3.8) is 0 Å². The molecule has 0 heterocycles. The lowest BCUT2D eigenvalue weighted by Gasteiger charge is -2.21. The van der Waals surface area contributed by atoms with Crippen LogP contribution >= 0.6 is 34.8 Å². The van der Waals surface area contributed by atoms with Crippen molar-refractivity contribution in [1.29, 1.82) is 0 Å². The maximum absolute atomic E-state index is 9.89. The van der Waals surface area contributed by atoms with Gasteiger partial charge in [-0.15, -0.1) is 0 Å². The van der Waals surface area contributed by atoms with Crippen molar-refractivity contribution in [3.8, 4) is 11.5 Å². The van der Waals surface area contributed by atoms with Crippen LogP contribution in [0.25, 0.3) is 0 Å². The van der Waals surface area contributed by atoms with Gasteiger partial charge in [0, 0.05) is 5.41 Å². The van der Waals surface area contributed by atoms with E-state index in [0.29, 0.717) is 10.9 Å². The molecule has 0 aromatic heterocycles. The number of phenols is 2. The van der Waals surface area contributed by atoms with Crippen molar-refractivity contribution in [1.82, 2.24) is 0 Å². The molecule has 5 heteroatoms. The third-order valence-electron chi connectivity index (χ3n) is 5.26. The third kappa shape index (κ3) is 3.45. The van der Waals surface area contributed by atoms with Gasteiger partial charge in [0.15, 0.2) is 5.75 Å². The predicted octanol–water partition coefficient (Wildman–Crippen LogP) is 6.94. The van der Waals surface area contributed by atoms with E-state index in [1.165, 1.54) is 19.3 Å². The fourth-order valence-corrected chi connectivity index (χ4v) is 4.47. The van der Waals surface area contributed by atoms with Crippen LogP contribution in [0.2, 0.25) is 15.1 Å². The van der Waals surface area contributed by atoms with Crippen LogP contribution in [0.3, 0.4) is 0 Å². The molecule has 0 aliphatic heterocycles. The van der Waals surface area contributed by atoms with Gasteiger partial charge in [-0.2, -0.15) is 0 Å². The maximum atomic E-state index is 9.89. The summed E-state index contributed by atoms with van der Waals surface area (Å²) in [6.07, 6.45) is 5.66. The van der Waals surface area contributed by atoms with E-state index in [-0.39, 0.29) is 27.0 Å². The van der Waals surface area contributed by atoms with Crippen molar-refractivity contribution in [2.75, 3.05) is 0 Å². The van der Waals surface area contributed by atoms with E-state index in [1.54, 1.807) is 18.2 Å². The van der Waals surface area contributed by atoms with Gasteiger partial charge in [0.25, 0.3) is 0 Å². The number of phenolic OH excluding ortho intramolecular Hbond substituents is 2. The van der Waals surface area contributed by atoms with Crippen molar-refractivity contribution < 1.29 is 10.2 Å². The van der Waals surface area contributed by atoms with E-state index in [9.17, 15) is 10.2 Å². The first-order valence-electron chi connectivity index (χ1n) is 8.57. The van der Waals surface area contributed by atoms with Crippen LogP contribution in [-0.4, -0.2) is 10.2 Å². The molecule has 0 amide bonds. The van der Waals surface area contributed by atoms with E-state index in [2.05, 4.69) is 6.92 Å². The number of benzene rings is 2. The Morgan fingerprint density at radius 1 is 0.960 bits per heavy atom. The number of hydrogen-bond acceptors (Lipinski definition) is 2. The predicted molar refractivity (Wildman–Crippen MR) is 104 cm³/mol. The van der Waals surface area contributed by atoms with E-state index in [0.717, 1.165) is 24.0 Å². The smallest absolute Gasteiger partial charge is 0.152 e. The summed E-state index contributed by atoms with van der Waals surface area (Å²) in [5.41, 5.74) is 1.82. The van der Waals surface area contributed by atoms with E-state index in [4.69, 9.17) is 34.8 Å². The van der Waals surface area contributed by atoms with Gasteiger partial charge in [-0.3, -0.25) is 0 Å². The Balaban J connectivity index is 2.03. The van der Waals surface area contributed by atoms with Crippen LogP contribution in [0.15, 0.2) is 30.3 Å². The Labute approximate surface area is 163 Å². The minimum atomic E-state index is -0.216. The van der Waals surface area contributed by atoms with Crippen LogP contribution in [-0.2, 0) is 5.41 Å². The van der Waals surface area contributed by atoms with Gasteiger partial charge in [-0.1, -0.05) is 67.1 Å². The van der Waals surface area contributed by atoms with E-state index in [1.807, 2.05) is 12.1 Å². The summed E-state index contributed by atoms with van der Waals surface area (Å²) in [6, 6.07) is 8.96. The van der Waals surface area contributed by atoms with Crippen LogP contribution in [0.5, 0.6) is 11.5 Å². The molecule has 25 heavy (non-hydrogen) atoms. The molecule has 1 aliphatic carbocycles. The Morgan fingerprint density at radius 2 is 1.60 bits per heavy atom. The number of rotatable bonds is 6. The highest BCUT2D eigenvalue weighted by molar-refractivity contribution is 6.37. The summed E-state index contributed by atoms with van der Waals surface area (Å²) < 4.78 is 0. The molecule has 0 bridgehead atoms. The molecular weight excluding hydrogens is 379 g/mol. The maximum Gasteiger partial charge on any atom is 0.152 e. The Bertz CT molecular complexity index is 768. The molecule has 134 valence electrons. The summed E-state index contributed by atoms with van der Waals surface area (Å²) in [6.45, 7) is 2.19. The van der Waals surface area contributed by atoms with Gasteiger partial charge in [0.05, 0.1) is 15.1 Å². The SMILES string of the molecule is CCCCCC1CC1(c1ccc(O)c(Cl)c1)c1cc(Cl)c(O)c(Cl)c1. The normalized spacial score (nSPS) is 22.2. The fourth-order valence-electron chi connectivity index (χ4n) is 3.80. The monoisotopic (exact) mass is 398 g/mol. The topological polar surface area (TPSA) is 40.5 Å². The van der Waals surface area contributed by atoms with Crippen molar-refractivity contribution >= 4 is 34.8 Å². The zero-order chi connectivity index (χ0) is 18.2. The lowest BCUT2D eigenvalue weighted by Crippen LogP contribution is -2.13. The second-order valence-electron chi connectivity index (χ2n) is 6.82. The lowest BCUT2D eigenvalue weighted by molar-refractivity contribution is 0.475. The molecule has 1 aliphatic rings. The Kier molecular flexibility index (Phi) is 5.43. The average Bonchev–Trinajstić information content (AvgIpc) is 3.30. The molecule has 0 saturated heterocycles.